The molecule has 1 unspecified atom stereocenters. The Balaban J connectivity index is 1.70. The molecule has 0 bridgehead atoms. The first kappa shape index (κ1) is 27.3. The summed E-state index contributed by atoms with van der Waals surface area (Å²) in [6.07, 6.45) is 0.538. The lowest BCUT2D eigenvalue weighted by atomic mass is 9.89. The highest BCUT2D eigenvalue weighted by Crippen LogP contribution is 2.40. The van der Waals surface area contributed by atoms with Gasteiger partial charge in [0, 0.05) is 18.1 Å². The molecule has 1 aliphatic heterocycles. The van der Waals surface area contributed by atoms with Crippen LogP contribution >= 0.6 is 0 Å². The molecule has 3 aromatic carbocycles. The zero-order chi connectivity index (χ0) is 27.7. The topological polar surface area (TPSA) is 94.2 Å². The van der Waals surface area contributed by atoms with Crippen LogP contribution in [-0.4, -0.2) is 40.7 Å². The quantitative estimate of drug-likeness (QED) is 0.437. The first-order valence-corrected chi connectivity index (χ1v) is 13.8. The number of aryl methyl sites for hydroxylation is 2. The van der Waals surface area contributed by atoms with Gasteiger partial charge >= 0.3 is 0 Å². The van der Waals surface area contributed by atoms with Crippen LogP contribution in [0.4, 0.5) is 5.69 Å². The predicted octanol–water partition coefficient (Wildman–Crippen LogP) is 4.93. The lowest BCUT2D eigenvalue weighted by Crippen LogP contribution is -2.45. The largest absolute Gasteiger partial charge is 0.493 e. The summed E-state index contributed by atoms with van der Waals surface area (Å²) in [5.41, 5.74) is 2.62. The Morgan fingerprint density at radius 1 is 0.974 bits per heavy atom. The van der Waals surface area contributed by atoms with Crippen molar-refractivity contribution < 1.29 is 27.4 Å². The molecule has 202 valence electrons. The lowest BCUT2D eigenvalue weighted by molar-refractivity contribution is -0.120. The van der Waals surface area contributed by atoms with Gasteiger partial charge in [0.25, 0.3) is 10.0 Å². The van der Waals surface area contributed by atoms with Gasteiger partial charge in [0.15, 0.2) is 11.5 Å². The Hall–Kier alpha value is -3.72. The summed E-state index contributed by atoms with van der Waals surface area (Å²) < 4.78 is 45.6. The fraction of sp³-hybridized carbons (Fsp3) is 0.345. The van der Waals surface area contributed by atoms with Gasteiger partial charge in [-0.2, -0.15) is 0 Å². The molecule has 3 aromatic rings. The molecule has 0 radical (unpaired) electrons. The van der Waals surface area contributed by atoms with Gasteiger partial charge < -0.3 is 19.5 Å². The summed E-state index contributed by atoms with van der Waals surface area (Å²) in [5, 5.41) is 3.06. The summed E-state index contributed by atoms with van der Waals surface area (Å²) in [7, 11) is -1.12. The molecule has 1 N–H and O–H groups in total. The molecule has 8 nitrogen and oxygen atoms in total. The number of hydrogen-bond acceptors (Lipinski definition) is 6. The maximum absolute atomic E-state index is 13.8. The number of carbonyl (C=O) groups is 1. The van der Waals surface area contributed by atoms with Crippen molar-refractivity contribution in [2.24, 2.45) is 0 Å². The van der Waals surface area contributed by atoms with Crippen LogP contribution in [-0.2, 0) is 14.8 Å². The molecule has 0 aliphatic carbocycles. The van der Waals surface area contributed by atoms with Gasteiger partial charge in [-0.25, -0.2) is 8.42 Å². The number of sulfonamides is 1. The predicted molar refractivity (Wildman–Crippen MR) is 147 cm³/mol. The molecular weight excluding hydrogens is 504 g/mol. The molecule has 0 saturated carbocycles. The summed E-state index contributed by atoms with van der Waals surface area (Å²) in [6.45, 7) is 7.36. The lowest BCUT2D eigenvalue weighted by Gasteiger charge is -2.38. The van der Waals surface area contributed by atoms with Gasteiger partial charge in [0.05, 0.1) is 30.8 Å². The zero-order valence-electron chi connectivity index (χ0n) is 22.6. The van der Waals surface area contributed by atoms with Crippen molar-refractivity contribution in [2.45, 2.75) is 50.7 Å². The molecule has 4 rings (SSSR count). The number of benzene rings is 3. The van der Waals surface area contributed by atoms with E-state index in [-0.39, 0.29) is 16.6 Å². The zero-order valence-corrected chi connectivity index (χ0v) is 23.4. The Bertz CT molecular complexity index is 1430. The van der Waals surface area contributed by atoms with Crippen molar-refractivity contribution in [2.75, 3.05) is 25.1 Å². The van der Waals surface area contributed by atoms with E-state index in [1.165, 1.54) is 26.4 Å². The van der Waals surface area contributed by atoms with Crippen molar-refractivity contribution in [1.29, 1.82) is 0 Å². The van der Waals surface area contributed by atoms with Crippen molar-refractivity contribution in [3.05, 3.63) is 77.4 Å². The fourth-order valence-electron chi connectivity index (χ4n) is 4.61. The van der Waals surface area contributed by atoms with Gasteiger partial charge in [-0.1, -0.05) is 35.4 Å². The summed E-state index contributed by atoms with van der Waals surface area (Å²) in [6, 6.07) is 16.8. The molecular formula is C29H34N2O6S. The third kappa shape index (κ3) is 5.72. The minimum absolute atomic E-state index is 0.0823. The summed E-state index contributed by atoms with van der Waals surface area (Å²) in [4.78, 5) is 13.6. The second-order valence-electron chi connectivity index (χ2n) is 10.1. The van der Waals surface area contributed by atoms with Crippen molar-refractivity contribution in [3.63, 3.8) is 0 Å². The van der Waals surface area contributed by atoms with E-state index >= 15 is 0 Å². The summed E-state index contributed by atoms with van der Waals surface area (Å²) in [5.74, 6) is 1.07. The number of methoxy groups -OCH3 is 2. The summed E-state index contributed by atoms with van der Waals surface area (Å²) >= 11 is 0. The number of carbonyl (C=O) groups excluding carboxylic acids is 1. The molecule has 0 fully saturated rings. The Morgan fingerprint density at radius 3 is 2.29 bits per heavy atom. The van der Waals surface area contributed by atoms with E-state index < -0.39 is 28.1 Å². The van der Waals surface area contributed by atoms with Crippen molar-refractivity contribution in [3.8, 4) is 17.2 Å². The van der Waals surface area contributed by atoms with Crippen LogP contribution in [0.2, 0.25) is 0 Å². The van der Waals surface area contributed by atoms with E-state index in [9.17, 15) is 13.2 Å². The fourth-order valence-corrected chi connectivity index (χ4v) is 6.02. The minimum Gasteiger partial charge on any atom is -0.493 e. The third-order valence-corrected chi connectivity index (χ3v) is 8.30. The van der Waals surface area contributed by atoms with Gasteiger partial charge in [0.1, 0.15) is 17.9 Å². The second-order valence-corrected chi connectivity index (χ2v) is 12.0. The maximum Gasteiger partial charge on any atom is 0.264 e. The molecule has 0 aromatic heterocycles. The van der Waals surface area contributed by atoms with Crippen molar-refractivity contribution >= 4 is 21.6 Å². The first-order valence-electron chi connectivity index (χ1n) is 12.3. The molecule has 1 aliphatic rings. The number of nitrogens with one attached hydrogen (secondary N) is 1. The van der Waals surface area contributed by atoms with Crippen LogP contribution in [0.5, 0.6) is 17.2 Å². The third-order valence-electron chi connectivity index (χ3n) is 6.51. The molecule has 9 heteroatoms. The van der Waals surface area contributed by atoms with Crippen LogP contribution in [0.3, 0.4) is 0 Å². The molecule has 1 amide bonds. The highest BCUT2D eigenvalue weighted by atomic mass is 32.2. The van der Waals surface area contributed by atoms with Crippen molar-refractivity contribution in [1.82, 2.24) is 5.32 Å². The van der Waals surface area contributed by atoms with E-state index in [0.29, 0.717) is 23.7 Å². The molecule has 0 spiro atoms. The number of hydrogen-bond donors (Lipinski definition) is 1. The van der Waals surface area contributed by atoms with E-state index in [1.54, 1.807) is 30.3 Å². The molecule has 1 heterocycles. The number of nitrogens with zero attached hydrogens (tertiary/aromatic N) is 1. The minimum atomic E-state index is -4.09. The standard InChI is InChI=1S/C29H34N2O6S/c1-19-7-11-22(12-8-19)38(33,34)31(21-10-14-26(35-5)27(16-21)36-6)18-28(32)30-24-17-29(3,4)37-25-13-9-20(2)15-23(24)25/h7-16,24H,17-18H2,1-6H3,(H,30,32). The number of fused-ring (bicyclic) bond motifs is 1. The highest BCUT2D eigenvalue weighted by molar-refractivity contribution is 7.92. The molecule has 0 saturated heterocycles. The van der Waals surface area contributed by atoms with E-state index in [4.69, 9.17) is 14.2 Å². The van der Waals surface area contributed by atoms with Crippen LogP contribution in [0.15, 0.2) is 65.6 Å². The number of anilines is 1. The Kier molecular flexibility index (Phi) is 7.60. The van der Waals surface area contributed by atoms with E-state index in [0.717, 1.165) is 21.0 Å². The first-order chi connectivity index (χ1) is 17.9. The Labute approximate surface area is 224 Å². The average Bonchev–Trinajstić information content (AvgIpc) is 2.87. The SMILES string of the molecule is COc1ccc(N(CC(=O)NC2CC(C)(C)Oc3ccc(C)cc32)S(=O)(=O)c2ccc(C)cc2)cc1OC. The average molecular weight is 539 g/mol. The molecule has 1 atom stereocenters. The Morgan fingerprint density at radius 2 is 1.63 bits per heavy atom. The smallest absolute Gasteiger partial charge is 0.264 e. The van der Waals surface area contributed by atoms with Crippen LogP contribution in [0.1, 0.15) is 43.0 Å². The van der Waals surface area contributed by atoms with Gasteiger partial charge in [-0.05, 0) is 58.0 Å². The maximum atomic E-state index is 13.8. The van der Waals surface area contributed by atoms with Crippen LogP contribution in [0.25, 0.3) is 0 Å². The number of amides is 1. The highest BCUT2D eigenvalue weighted by Gasteiger charge is 2.36. The second kappa shape index (κ2) is 10.6. The van der Waals surface area contributed by atoms with Gasteiger partial charge in [-0.15, -0.1) is 0 Å². The monoisotopic (exact) mass is 538 g/mol. The normalized spacial score (nSPS) is 16.1. The van der Waals surface area contributed by atoms with Gasteiger partial charge in [-0.3, -0.25) is 9.10 Å². The van der Waals surface area contributed by atoms with Crippen LogP contribution < -0.4 is 23.8 Å². The van der Waals surface area contributed by atoms with Crippen LogP contribution in [0, 0.1) is 13.8 Å². The molecule has 38 heavy (non-hydrogen) atoms. The van der Waals surface area contributed by atoms with E-state index in [1.807, 2.05) is 45.9 Å². The number of rotatable bonds is 8. The van der Waals surface area contributed by atoms with Gasteiger partial charge in [0.2, 0.25) is 5.91 Å². The number of ether oxygens (including phenoxy) is 3. The van der Waals surface area contributed by atoms with E-state index in [2.05, 4.69) is 5.32 Å².